The summed E-state index contributed by atoms with van der Waals surface area (Å²) in [6, 6.07) is 0.522. The van der Waals surface area contributed by atoms with Gasteiger partial charge in [-0.2, -0.15) is 4.98 Å². The van der Waals surface area contributed by atoms with Crippen LogP contribution in [0.2, 0.25) is 0 Å². The molecule has 2 heterocycles. The van der Waals surface area contributed by atoms with Crippen LogP contribution in [0.15, 0.2) is 0 Å². The predicted molar refractivity (Wildman–Crippen MR) is 76.5 cm³/mol. The fraction of sp³-hybridized carbons (Fsp3) is 0.857. The lowest BCUT2D eigenvalue weighted by Crippen LogP contribution is -2.49. The lowest BCUT2D eigenvalue weighted by molar-refractivity contribution is 0.479. The Morgan fingerprint density at radius 1 is 1.16 bits per heavy atom. The van der Waals surface area contributed by atoms with Crippen LogP contribution >= 0.6 is 0 Å². The van der Waals surface area contributed by atoms with Crippen LogP contribution in [0.3, 0.4) is 0 Å². The van der Waals surface area contributed by atoms with E-state index in [4.69, 9.17) is 4.98 Å². The lowest BCUT2D eigenvalue weighted by atomic mass is 10.00. The summed E-state index contributed by atoms with van der Waals surface area (Å²) in [5.74, 6) is 2.61. The minimum absolute atomic E-state index is 0.522. The summed E-state index contributed by atoms with van der Waals surface area (Å²) in [5, 5.41) is 11.1. The quantitative estimate of drug-likeness (QED) is 0.802. The maximum atomic E-state index is 4.77. The van der Waals surface area contributed by atoms with Crippen LogP contribution in [0.5, 0.6) is 0 Å². The number of piperazine rings is 1. The summed E-state index contributed by atoms with van der Waals surface area (Å²) >= 11 is 0. The molecule has 106 valence electrons. The van der Waals surface area contributed by atoms with E-state index in [1.807, 2.05) is 0 Å². The first-order valence-electron chi connectivity index (χ1n) is 7.73. The van der Waals surface area contributed by atoms with Crippen molar-refractivity contribution in [3.63, 3.8) is 0 Å². The second-order valence-electron chi connectivity index (χ2n) is 6.01. The Balaban J connectivity index is 1.68. The van der Waals surface area contributed by atoms with Crippen LogP contribution < -0.4 is 10.2 Å². The van der Waals surface area contributed by atoms with Gasteiger partial charge in [0.25, 0.3) is 0 Å². The summed E-state index contributed by atoms with van der Waals surface area (Å²) in [6.45, 7) is 5.24. The largest absolute Gasteiger partial charge is 0.337 e. The molecule has 19 heavy (non-hydrogen) atoms. The number of hydrogen-bond donors (Lipinski definition) is 2. The Bertz CT molecular complexity index is 378. The van der Waals surface area contributed by atoms with Gasteiger partial charge in [0, 0.05) is 31.6 Å². The van der Waals surface area contributed by atoms with Gasteiger partial charge in [-0.05, 0) is 19.8 Å². The van der Waals surface area contributed by atoms with Gasteiger partial charge in [-0.25, -0.2) is 0 Å². The molecule has 0 unspecified atom stereocenters. The Kier molecular flexibility index (Phi) is 4.01. The van der Waals surface area contributed by atoms with Crippen molar-refractivity contribution >= 4 is 5.95 Å². The molecule has 0 aromatic carbocycles. The summed E-state index contributed by atoms with van der Waals surface area (Å²) < 4.78 is 0. The SMILES string of the molecule is C[C@@H]1CN(c2n[nH]c(C3CCCCCC3)n2)CCN1. The number of aromatic nitrogens is 3. The number of anilines is 1. The molecular formula is C14H25N5. The van der Waals surface area contributed by atoms with Crippen molar-refractivity contribution < 1.29 is 0 Å². The first kappa shape index (κ1) is 12.9. The molecule has 0 bridgehead atoms. The van der Waals surface area contributed by atoms with Crippen LogP contribution in [-0.4, -0.2) is 40.9 Å². The minimum atomic E-state index is 0.522. The van der Waals surface area contributed by atoms with Crippen molar-refractivity contribution in [1.29, 1.82) is 0 Å². The molecule has 1 aromatic heterocycles. The van der Waals surface area contributed by atoms with Gasteiger partial charge in [0.1, 0.15) is 5.82 Å². The average Bonchev–Trinajstić information content (AvgIpc) is 2.75. The molecule has 0 radical (unpaired) electrons. The fourth-order valence-electron chi connectivity index (χ4n) is 3.26. The molecule has 2 N–H and O–H groups in total. The standard InChI is InChI=1S/C14H25N5/c1-11-10-19(9-8-15-11)14-16-13(17-18-14)12-6-4-2-3-5-7-12/h11-12,15H,2-10H2,1H3,(H,16,17,18)/t11-/m1/s1. The summed E-state index contributed by atoms with van der Waals surface area (Å²) in [5.41, 5.74) is 0. The van der Waals surface area contributed by atoms with Gasteiger partial charge in [-0.1, -0.05) is 25.7 Å². The van der Waals surface area contributed by atoms with Crippen molar-refractivity contribution in [2.45, 2.75) is 57.4 Å². The molecule has 1 atom stereocenters. The van der Waals surface area contributed by atoms with E-state index in [2.05, 4.69) is 27.3 Å². The normalized spacial score (nSPS) is 26.4. The van der Waals surface area contributed by atoms with Crippen molar-refractivity contribution in [2.24, 2.45) is 0 Å². The molecule has 1 aliphatic heterocycles. The van der Waals surface area contributed by atoms with E-state index < -0.39 is 0 Å². The molecule has 5 heteroatoms. The Morgan fingerprint density at radius 2 is 1.95 bits per heavy atom. The van der Waals surface area contributed by atoms with Crippen LogP contribution in [-0.2, 0) is 0 Å². The van der Waals surface area contributed by atoms with Crippen LogP contribution in [0, 0.1) is 0 Å². The highest BCUT2D eigenvalue weighted by atomic mass is 15.4. The predicted octanol–water partition coefficient (Wildman–Crippen LogP) is 2.04. The second-order valence-corrected chi connectivity index (χ2v) is 6.01. The first-order chi connectivity index (χ1) is 9.33. The van der Waals surface area contributed by atoms with E-state index in [9.17, 15) is 0 Å². The van der Waals surface area contributed by atoms with Crippen LogP contribution in [0.4, 0.5) is 5.95 Å². The zero-order valence-corrected chi connectivity index (χ0v) is 11.9. The van der Waals surface area contributed by atoms with Crippen molar-refractivity contribution in [3.8, 4) is 0 Å². The van der Waals surface area contributed by atoms with Crippen molar-refractivity contribution in [2.75, 3.05) is 24.5 Å². The molecule has 1 saturated heterocycles. The number of aromatic amines is 1. The molecule has 0 amide bonds. The number of hydrogen-bond acceptors (Lipinski definition) is 4. The zero-order valence-electron chi connectivity index (χ0n) is 11.9. The molecular weight excluding hydrogens is 238 g/mol. The molecule has 1 saturated carbocycles. The first-order valence-corrected chi connectivity index (χ1v) is 7.73. The second kappa shape index (κ2) is 5.90. The minimum Gasteiger partial charge on any atom is -0.337 e. The van der Waals surface area contributed by atoms with Crippen molar-refractivity contribution in [3.05, 3.63) is 5.82 Å². The van der Waals surface area contributed by atoms with E-state index in [0.29, 0.717) is 12.0 Å². The van der Waals surface area contributed by atoms with Gasteiger partial charge in [0.15, 0.2) is 0 Å². The monoisotopic (exact) mass is 263 g/mol. The third-order valence-electron chi connectivity index (χ3n) is 4.38. The van der Waals surface area contributed by atoms with Gasteiger partial charge < -0.3 is 10.2 Å². The van der Waals surface area contributed by atoms with Gasteiger partial charge >= 0.3 is 0 Å². The maximum absolute atomic E-state index is 4.77. The number of rotatable bonds is 2. The highest BCUT2D eigenvalue weighted by Crippen LogP contribution is 2.30. The van der Waals surface area contributed by atoms with E-state index in [0.717, 1.165) is 31.4 Å². The highest BCUT2D eigenvalue weighted by Gasteiger charge is 2.22. The van der Waals surface area contributed by atoms with Gasteiger partial charge in [-0.15, -0.1) is 5.10 Å². The van der Waals surface area contributed by atoms with Crippen molar-refractivity contribution in [1.82, 2.24) is 20.5 Å². The molecule has 2 aliphatic rings. The molecule has 3 rings (SSSR count). The third kappa shape index (κ3) is 3.08. The molecule has 2 fully saturated rings. The number of H-pyrrole nitrogens is 1. The van der Waals surface area contributed by atoms with Gasteiger partial charge in [-0.3, -0.25) is 5.10 Å². The highest BCUT2D eigenvalue weighted by molar-refractivity contribution is 5.30. The van der Waals surface area contributed by atoms with Crippen LogP contribution in [0.25, 0.3) is 0 Å². The average molecular weight is 263 g/mol. The fourth-order valence-corrected chi connectivity index (χ4v) is 3.26. The number of nitrogens with one attached hydrogen (secondary N) is 2. The smallest absolute Gasteiger partial charge is 0.244 e. The van der Waals surface area contributed by atoms with Crippen LogP contribution in [0.1, 0.15) is 57.2 Å². The van der Waals surface area contributed by atoms with Gasteiger partial charge in [0.05, 0.1) is 0 Å². The van der Waals surface area contributed by atoms with E-state index in [-0.39, 0.29) is 0 Å². The van der Waals surface area contributed by atoms with E-state index in [1.165, 1.54) is 38.5 Å². The maximum Gasteiger partial charge on any atom is 0.244 e. The van der Waals surface area contributed by atoms with Gasteiger partial charge in [0.2, 0.25) is 5.95 Å². The summed E-state index contributed by atoms with van der Waals surface area (Å²) in [4.78, 5) is 7.05. The Hall–Kier alpha value is -1.10. The summed E-state index contributed by atoms with van der Waals surface area (Å²) in [7, 11) is 0. The Morgan fingerprint density at radius 3 is 2.68 bits per heavy atom. The lowest BCUT2D eigenvalue weighted by Gasteiger charge is -2.30. The molecule has 1 aliphatic carbocycles. The number of nitrogens with zero attached hydrogens (tertiary/aromatic N) is 3. The zero-order chi connectivity index (χ0) is 13.1. The topological polar surface area (TPSA) is 56.8 Å². The summed E-state index contributed by atoms with van der Waals surface area (Å²) in [6.07, 6.45) is 7.98. The molecule has 5 nitrogen and oxygen atoms in total. The van der Waals surface area contributed by atoms with E-state index in [1.54, 1.807) is 0 Å². The van der Waals surface area contributed by atoms with E-state index >= 15 is 0 Å². The molecule has 1 aromatic rings. The Labute approximate surface area is 115 Å². The molecule has 0 spiro atoms. The third-order valence-corrected chi connectivity index (χ3v) is 4.38.